The maximum Gasteiger partial charge on any atom is 0.472 e. The Hall–Kier alpha value is -1.22. The second-order valence-electron chi connectivity index (χ2n) is 14.0. The van der Waals surface area contributed by atoms with Gasteiger partial charge in [-0.05, 0) is 38.5 Å². The number of unbranched alkanes of at least 4 members (excludes halogenated alkanes) is 14. The fourth-order valence-corrected chi connectivity index (χ4v) is 7.02. The maximum atomic E-state index is 12.9. The fourth-order valence-electron chi connectivity index (χ4n) is 6.06. The van der Waals surface area contributed by atoms with Crippen molar-refractivity contribution in [1.29, 1.82) is 0 Å². The van der Waals surface area contributed by atoms with E-state index in [1.807, 2.05) is 0 Å². The third-order valence-corrected chi connectivity index (χ3v) is 10.3. The number of rotatable bonds is 30. The maximum absolute atomic E-state index is 12.9. The summed E-state index contributed by atoms with van der Waals surface area (Å²) in [4.78, 5) is 23.2. The van der Waals surface area contributed by atoms with Crippen molar-refractivity contribution in [3.63, 3.8) is 0 Å². The van der Waals surface area contributed by atoms with E-state index in [1.54, 1.807) is 0 Å². The largest absolute Gasteiger partial charge is 0.472 e. The van der Waals surface area contributed by atoms with Crippen LogP contribution in [-0.2, 0) is 18.4 Å². The Bertz CT molecular complexity index is 985. The van der Waals surface area contributed by atoms with Gasteiger partial charge in [-0.25, -0.2) is 4.57 Å². The highest BCUT2D eigenvalue weighted by Gasteiger charge is 2.51. The number of nitrogens with one attached hydrogen (secondary N) is 1. The minimum atomic E-state index is -5.10. The zero-order valence-electron chi connectivity index (χ0n) is 31.0. The molecule has 13 nitrogen and oxygen atoms in total. The molecule has 1 saturated carbocycles. The molecule has 1 fully saturated rings. The minimum absolute atomic E-state index is 0.236. The molecule has 0 aliphatic heterocycles. The smallest absolute Gasteiger partial charge is 0.393 e. The summed E-state index contributed by atoms with van der Waals surface area (Å²) >= 11 is 0. The number of hydrogen-bond acceptors (Lipinski definition) is 11. The van der Waals surface area contributed by atoms with E-state index in [1.165, 1.54) is 32.1 Å². The predicted octanol–water partition coefficient (Wildman–Crippen LogP) is 4.47. The zero-order chi connectivity index (χ0) is 38.1. The number of carbonyl (C=O) groups excluding carboxylic acids is 1. The van der Waals surface area contributed by atoms with Gasteiger partial charge in [0, 0.05) is 0 Å². The number of allylic oxidation sites excluding steroid dienone is 4. The highest BCUT2D eigenvalue weighted by molar-refractivity contribution is 7.47. The summed E-state index contributed by atoms with van der Waals surface area (Å²) in [5.74, 6) is -0.578. The van der Waals surface area contributed by atoms with Crippen LogP contribution >= 0.6 is 7.82 Å². The molecule has 0 spiro atoms. The van der Waals surface area contributed by atoms with E-state index < -0.39 is 75.2 Å². The Kier molecular flexibility index (Phi) is 26.5. The van der Waals surface area contributed by atoms with Crippen molar-refractivity contribution < 1.29 is 59.0 Å². The molecule has 0 heterocycles. The van der Waals surface area contributed by atoms with Gasteiger partial charge < -0.3 is 46.0 Å². The van der Waals surface area contributed by atoms with Crippen LogP contribution in [0.1, 0.15) is 142 Å². The average molecular weight is 752 g/mol. The normalized spacial score (nSPS) is 25.6. The van der Waals surface area contributed by atoms with E-state index in [0.29, 0.717) is 12.8 Å². The average Bonchev–Trinajstić information content (AvgIpc) is 3.09. The summed E-state index contributed by atoms with van der Waals surface area (Å²) in [6.07, 6.45) is 12.7. The van der Waals surface area contributed by atoms with Crippen LogP contribution in [0.2, 0.25) is 0 Å². The topological polar surface area (TPSA) is 226 Å². The summed E-state index contributed by atoms with van der Waals surface area (Å²) in [6, 6.07) is -1.16. The number of aliphatic hydroxyl groups is 7. The van der Waals surface area contributed by atoms with Gasteiger partial charge in [0.2, 0.25) is 5.91 Å². The van der Waals surface area contributed by atoms with Crippen molar-refractivity contribution in [2.75, 3.05) is 6.61 Å². The van der Waals surface area contributed by atoms with Crippen molar-refractivity contribution >= 4 is 13.7 Å². The Morgan fingerprint density at radius 3 is 1.71 bits per heavy atom. The minimum Gasteiger partial charge on any atom is -0.393 e. The predicted molar refractivity (Wildman–Crippen MR) is 197 cm³/mol. The van der Waals surface area contributed by atoms with E-state index in [4.69, 9.17) is 9.05 Å². The van der Waals surface area contributed by atoms with E-state index >= 15 is 0 Å². The van der Waals surface area contributed by atoms with Gasteiger partial charge in [-0.1, -0.05) is 122 Å². The number of hydrogen-bond donors (Lipinski definition) is 9. The molecular formula is C37H70NO12P. The van der Waals surface area contributed by atoms with Gasteiger partial charge in [-0.15, -0.1) is 0 Å². The number of amides is 1. The molecule has 0 aromatic carbocycles. The van der Waals surface area contributed by atoms with Crippen LogP contribution in [0, 0.1) is 0 Å². The summed E-state index contributed by atoms with van der Waals surface area (Å²) in [6.45, 7) is 3.66. The van der Waals surface area contributed by atoms with Crippen LogP contribution in [-0.4, -0.2) is 108 Å². The first-order valence-electron chi connectivity index (χ1n) is 19.4. The molecule has 8 atom stereocenters. The molecule has 1 rings (SSSR count). The molecule has 51 heavy (non-hydrogen) atoms. The highest BCUT2D eigenvalue weighted by Crippen LogP contribution is 2.47. The monoisotopic (exact) mass is 751 g/mol. The third kappa shape index (κ3) is 21.3. The number of phosphoric acid groups is 1. The molecule has 1 aliphatic rings. The molecule has 1 aliphatic carbocycles. The molecule has 0 saturated heterocycles. The van der Waals surface area contributed by atoms with Gasteiger partial charge in [0.1, 0.15) is 36.6 Å². The van der Waals surface area contributed by atoms with Crippen LogP contribution < -0.4 is 5.32 Å². The van der Waals surface area contributed by atoms with Crippen LogP contribution in [0.4, 0.5) is 0 Å². The van der Waals surface area contributed by atoms with Gasteiger partial charge in [0.05, 0.1) is 31.3 Å². The molecule has 0 aromatic rings. The Balaban J connectivity index is 2.61. The SMILES string of the molecule is CCCCC/C=C\C=C/CCCCCCC(O)CC(=O)NC(COP(=O)(O)OC1C(O)C(O)C(O)C(O)C1O)C(O)CCCCCCCCCC. The van der Waals surface area contributed by atoms with E-state index in [-0.39, 0.29) is 12.8 Å². The van der Waals surface area contributed by atoms with Crippen LogP contribution in [0.3, 0.4) is 0 Å². The lowest BCUT2D eigenvalue weighted by Crippen LogP contribution is -2.64. The molecule has 9 N–H and O–H groups in total. The van der Waals surface area contributed by atoms with Crippen LogP contribution in [0.5, 0.6) is 0 Å². The number of phosphoric ester groups is 1. The van der Waals surface area contributed by atoms with Gasteiger partial charge in [0.25, 0.3) is 0 Å². The quantitative estimate of drug-likeness (QED) is 0.0282. The molecule has 0 aromatic heterocycles. The van der Waals surface area contributed by atoms with Crippen molar-refractivity contribution in [2.45, 2.75) is 197 Å². The Morgan fingerprint density at radius 2 is 1.14 bits per heavy atom. The van der Waals surface area contributed by atoms with Gasteiger partial charge in [-0.3, -0.25) is 13.8 Å². The van der Waals surface area contributed by atoms with Crippen molar-refractivity contribution in [3.05, 3.63) is 24.3 Å². The number of aliphatic hydroxyl groups excluding tert-OH is 7. The number of carbonyl (C=O) groups is 1. The molecule has 1 amide bonds. The summed E-state index contributed by atoms with van der Waals surface area (Å²) in [5, 5.41) is 74.0. The Labute approximate surface area is 305 Å². The first kappa shape index (κ1) is 47.8. The van der Waals surface area contributed by atoms with Crippen molar-refractivity contribution in [2.24, 2.45) is 0 Å². The van der Waals surface area contributed by atoms with Crippen molar-refractivity contribution in [1.82, 2.24) is 5.32 Å². The lowest BCUT2D eigenvalue weighted by molar-refractivity contribution is -0.220. The lowest BCUT2D eigenvalue weighted by atomic mass is 9.85. The molecule has 14 heteroatoms. The van der Waals surface area contributed by atoms with Crippen LogP contribution in [0.15, 0.2) is 24.3 Å². The van der Waals surface area contributed by atoms with Gasteiger partial charge >= 0.3 is 7.82 Å². The second kappa shape index (κ2) is 28.3. The van der Waals surface area contributed by atoms with E-state index in [9.17, 15) is 50.0 Å². The molecule has 8 unspecified atom stereocenters. The third-order valence-electron chi connectivity index (χ3n) is 9.35. The van der Waals surface area contributed by atoms with E-state index in [0.717, 1.165) is 70.6 Å². The summed E-state index contributed by atoms with van der Waals surface area (Å²) < 4.78 is 22.7. The lowest BCUT2D eigenvalue weighted by Gasteiger charge is -2.41. The second-order valence-corrected chi connectivity index (χ2v) is 15.4. The van der Waals surface area contributed by atoms with Crippen LogP contribution in [0.25, 0.3) is 0 Å². The van der Waals surface area contributed by atoms with Gasteiger partial charge in [-0.2, -0.15) is 0 Å². The Morgan fingerprint density at radius 1 is 0.686 bits per heavy atom. The molecule has 0 radical (unpaired) electrons. The summed E-state index contributed by atoms with van der Waals surface area (Å²) in [7, 11) is -5.10. The first-order valence-corrected chi connectivity index (χ1v) is 20.9. The fraction of sp³-hybridized carbons (Fsp3) is 0.865. The molecular weight excluding hydrogens is 681 g/mol. The standard InChI is InChI=1S/C37H70NO12P/c1-3-5-7-9-11-13-14-15-16-17-18-20-22-24-28(39)26-31(41)38-29(30(40)25-23-21-19-12-10-8-6-4-2)27-49-51(47,48)50-37-35(45)33(43)32(42)34(44)36(37)46/h11,13-15,28-30,32-37,39-40,42-46H,3-10,12,16-27H2,1-2H3,(H,38,41)(H,47,48)/b13-11-,15-14-. The molecule has 0 bridgehead atoms. The first-order chi connectivity index (χ1) is 24.3. The van der Waals surface area contributed by atoms with E-state index in [2.05, 4.69) is 43.5 Å². The highest BCUT2D eigenvalue weighted by atomic mass is 31.2. The zero-order valence-corrected chi connectivity index (χ0v) is 31.9. The van der Waals surface area contributed by atoms with Crippen molar-refractivity contribution in [3.8, 4) is 0 Å². The van der Waals surface area contributed by atoms with Gasteiger partial charge in [0.15, 0.2) is 0 Å². The summed E-state index contributed by atoms with van der Waals surface area (Å²) in [5.41, 5.74) is 0. The molecule has 300 valence electrons.